The number of aromatic nitrogens is 3. The van der Waals surface area contributed by atoms with Crippen LogP contribution in [0.4, 0.5) is 0 Å². The van der Waals surface area contributed by atoms with Crippen LogP contribution in [0.2, 0.25) is 0 Å². The summed E-state index contributed by atoms with van der Waals surface area (Å²) in [7, 11) is 0. The van der Waals surface area contributed by atoms with Crippen molar-refractivity contribution in [2.75, 3.05) is 18.8 Å². The summed E-state index contributed by atoms with van der Waals surface area (Å²) in [5.74, 6) is -0.754. The zero-order valence-electron chi connectivity index (χ0n) is 12.2. The van der Waals surface area contributed by atoms with Gasteiger partial charge >= 0.3 is 5.97 Å². The van der Waals surface area contributed by atoms with Crippen molar-refractivity contribution in [1.82, 2.24) is 19.7 Å². The lowest BCUT2D eigenvalue weighted by Crippen LogP contribution is -2.39. The Morgan fingerprint density at radius 3 is 2.81 bits per heavy atom. The average Bonchev–Trinajstić information content (AvgIpc) is 3.13. The molecule has 116 valence electrons. The summed E-state index contributed by atoms with van der Waals surface area (Å²) >= 11 is 1.32. The number of hydrogen-bond donors (Lipinski definition) is 1. The van der Waals surface area contributed by atoms with Crippen LogP contribution in [0.5, 0.6) is 0 Å². The van der Waals surface area contributed by atoms with Gasteiger partial charge in [0.1, 0.15) is 12.9 Å². The van der Waals surface area contributed by atoms with Crippen LogP contribution in [-0.4, -0.2) is 55.5 Å². The van der Waals surface area contributed by atoms with Gasteiger partial charge in [-0.3, -0.25) is 9.59 Å². The van der Waals surface area contributed by atoms with Crippen LogP contribution in [0.25, 0.3) is 0 Å². The molecule has 1 aliphatic rings. The number of carbonyl (C=O) groups excluding carboxylic acids is 1. The third-order valence-corrected chi connectivity index (χ3v) is 4.01. The lowest BCUT2D eigenvalue weighted by atomic mass is 10.2. The molecule has 0 unspecified atom stereocenters. The van der Waals surface area contributed by atoms with Gasteiger partial charge in [-0.25, -0.2) is 0 Å². The standard InChI is InChI=1S/C13H20N4O3S/c1-9(2)5-16(6-12(19)20)11(18)7-21-13-15-14-8-17(13)10-3-4-10/h8-10H,3-7H2,1-2H3,(H,19,20). The van der Waals surface area contributed by atoms with Crippen molar-refractivity contribution >= 4 is 23.6 Å². The summed E-state index contributed by atoms with van der Waals surface area (Å²) in [5.41, 5.74) is 0. The largest absolute Gasteiger partial charge is 0.480 e. The fourth-order valence-corrected chi connectivity index (χ4v) is 2.90. The van der Waals surface area contributed by atoms with Crippen LogP contribution in [0, 0.1) is 5.92 Å². The third kappa shape index (κ3) is 4.73. The molecule has 0 radical (unpaired) electrons. The highest BCUT2D eigenvalue weighted by atomic mass is 32.2. The molecule has 1 aromatic heterocycles. The second-order valence-electron chi connectivity index (χ2n) is 5.60. The van der Waals surface area contributed by atoms with Crippen molar-refractivity contribution in [3.05, 3.63) is 6.33 Å². The van der Waals surface area contributed by atoms with Gasteiger partial charge in [0.05, 0.1) is 5.75 Å². The maximum Gasteiger partial charge on any atom is 0.323 e. The summed E-state index contributed by atoms with van der Waals surface area (Å²) in [6, 6.07) is 0.461. The molecule has 0 spiro atoms. The number of hydrogen-bond acceptors (Lipinski definition) is 5. The minimum absolute atomic E-state index is 0.179. The maximum absolute atomic E-state index is 12.2. The predicted molar refractivity (Wildman–Crippen MR) is 78.1 cm³/mol. The number of nitrogens with zero attached hydrogens (tertiary/aromatic N) is 4. The topological polar surface area (TPSA) is 88.3 Å². The molecule has 7 nitrogen and oxygen atoms in total. The van der Waals surface area contributed by atoms with Gasteiger partial charge in [0.2, 0.25) is 5.91 Å². The second kappa shape index (κ2) is 6.93. The molecule has 21 heavy (non-hydrogen) atoms. The molecule has 0 aliphatic heterocycles. The highest BCUT2D eigenvalue weighted by molar-refractivity contribution is 7.99. The number of carboxylic acid groups (broad SMARTS) is 1. The van der Waals surface area contributed by atoms with Gasteiger partial charge in [0.15, 0.2) is 5.16 Å². The van der Waals surface area contributed by atoms with Gasteiger partial charge in [-0.15, -0.1) is 10.2 Å². The van der Waals surface area contributed by atoms with Gasteiger partial charge < -0.3 is 14.6 Å². The Kier molecular flexibility index (Phi) is 5.22. The molecule has 1 fully saturated rings. The fraction of sp³-hybridized carbons (Fsp3) is 0.692. The Morgan fingerprint density at radius 1 is 1.52 bits per heavy atom. The summed E-state index contributed by atoms with van der Waals surface area (Å²) < 4.78 is 1.99. The molecule has 1 amide bonds. The maximum atomic E-state index is 12.2. The Labute approximate surface area is 127 Å². The first kappa shape index (κ1) is 15.8. The Morgan fingerprint density at radius 2 is 2.24 bits per heavy atom. The first-order chi connectivity index (χ1) is 9.97. The molecule has 0 bridgehead atoms. The van der Waals surface area contributed by atoms with E-state index in [1.165, 1.54) is 16.7 Å². The van der Waals surface area contributed by atoms with E-state index in [2.05, 4.69) is 10.2 Å². The van der Waals surface area contributed by atoms with Crippen molar-refractivity contribution in [2.24, 2.45) is 5.92 Å². The van der Waals surface area contributed by atoms with Crippen LogP contribution < -0.4 is 0 Å². The summed E-state index contributed by atoms with van der Waals surface area (Å²) in [5, 5.41) is 17.5. The van der Waals surface area contributed by atoms with E-state index in [1.807, 2.05) is 18.4 Å². The molecule has 1 saturated carbocycles. The predicted octanol–water partition coefficient (Wildman–Crippen LogP) is 1.27. The van der Waals surface area contributed by atoms with E-state index in [1.54, 1.807) is 6.33 Å². The van der Waals surface area contributed by atoms with Gasteiger partial charge in [-0.1, -0.05) is 25.6 Å². The minimum atomic E-state index is -0.991. The number of thioether (sulfide) groups is 1. The van der Waals surface area contributed by atoms with Gasteiger partial charge in [-0.2, -0.15) is 0 Å². The number of rotatable bonds is 8. The number of carbonyl (C=O) groups is 2. The quantitative estimate of drug-likeness (QED) is 0.727. The molecule has 1 aliphatic carbocycles. The van der Waals surface area contributed by atoms with E-state index in [-0.39, 0.29) is 24.1 Å². The molecule has 1 N–H and O–H groups in total. The summed E-state index contributed by atoms with van der Waals surface area (Å²) in [6.07, 6.45) is 3.93. The first-order valence-corrected chi connectivity index (χ1v) is 7.97. The van der Waals surface area contributed by atoms with Crippen molar-refractivity contribution in [1.29, 1.82) is 0 Å². The van der Waals surface area contributed by atoms with Gasteiger partial charge in [0.25, 0.3) is 0 Å². The molecular formula is C13H20N4O3S. The molecule has 1 heterocycles. The highest BCUT2D eigenvalue weighted by Crippen LogP contribution is 2.37. The third-order valence-electron chi connectivity index (χ3n) is 3.07. The fourth-order valence-electron chi connectivity index (χ4n) is 2.01. The van der Waals surface area contributed by atoms with Crippen molar-refractivity contribution in [3.63, 3.8) is 0 Å². The van der Waals surface area contributed by atoms with Crippen molar-refractivity contribution in [3.8, 4) is 0 Å². The lowest BCUT2D eigenvalue weighted by Gasteiger charge is -2.22. The van der Waals surface area contributed by atoms with Crippen molar-refractivity contribution < 1.29 is 14.7 Å². The molecule has 0 aromatic carbocycles. The Balaban J connectivity index is 1.91. The molecular weight excluding hydrogens is 292 g/mol. The first-order valence-electron chi connectivity index (χ1n) is 6.99. The second-order valence-corrected chi connectivity index (χ2v) is 6.54. The molecule has 0 saturated heterocycles. The molecule has 0 atom stereocenters. The highest BCUT2D eigenvalue weighted by Gasteiger charge is 2.27. The summed E-state index contributed by atoms with van der Waals surface area (Å²) in [4.78, 5) is 24.4. The van der Waals surface area contributed by atoms with Crippen LogP contribution >= 0.6 is 11.8 Å². The Bertz CT molecular complexity index is 513. The summed E-state index contributed by atoms with van der Waals surface area (Å²) in [6.45, 7) is 4.10. The van der Waals surface area contributed by atoms with E-state index in [0.29, 0.717) is 12.6 Å². The average molecular weight is 312 g/mol. The normalized spacial score (nSPS) is 14.4. The van der Waals surface area contributed by atoms with E-state index in [9.17, 15) is 9.59 Å². The van der Waals surface area contributed by atoms with Crippen LogP contribution in [0.3, 0.4) is 0 Å². The van der Waals surface area contributed by atoms with Gasteiger partial charge in [-0.05, 0) is 18.8 Å². The monoisotopic (exact) mass is 312 g/mol. The van der Waals surface area contributed by atoms with Crippen LogP contribution in [0.1, 0.15) is 32.7 Å². The number of aliphatic carboxylic acids is 1. The SMILES string of the molecule is CC(C)CN(CC(=O)O)C(=O)CSc1nncn1C1CC1. The van der Waals surface area contributed by atoms with E-state index < -0.39 is 5.97 Å². The van der Waals surface area contributed by atoms with Crippen LogP contribution in [0.15, 0.2) is 11.5 Å². The van der Waals surface area contributed by atoms with Gasteiger partial charge in [0, 0.05) is 12.6 Å². The van der Waals surface area contributed by atoms with E-state index >= 15 is 0 Å². The Hall–Kier alpha value is -1.57. The molecule has 2 rings (SSSR count). The van der Waals surface area contributed by atoms with E-state index in [0.717, 1.165) is 18.0 Å². The minimum Gasteiger partial charge on any atom is -0.480 e. The molecule has 8 heteroatoms. The lowest BCUT2D eigenvalue weighted by molar-refractivity contribution is -0.143. The molecule has 1 aromatic rings. The van der Waals surface area contributed by atoms with E-state index in [4.69, 9.17) is 5.11 Å². The van der Waals surface area contributed by atoms with Crippen LogP contribution in [-0.2, 0) is 9.59 Å². The zero-order valence-corrected chi connectivity index (χ0v) is 13.0. The van der Waals surface area contributed by atoms with Crippen molar-refractivity contribution in [2.45, 2.75) is 37.9 Å². The number of amides is 1. The number of carboxylic acids is 1. The zero-order chi connectivity index (χ0) is 15.4. The smallest absolute Gasteiger partial charge is 0.323 e.